The van der Waals surface area contributed by atoms with Crippen molar-refractivity contribution in [3.63, 3.8) is 0 Å². The normalized spacial score (nSPS) is 11.2. The highest BCUT2D eigenvalue weighted by molar-refractivity contribution is 8.01. The summed E-state index contributed by atoms with van der Waals surface area (Å²) < 4.78 is 13.2. The van der Waals surface area contributed by atoms with Gasteiger partial charge in [-0.1, -0.05) is 30.3 Å². The topological polar surface area (TPSA) is 76.7 Å². The molecule has 0 spiro atoms. The van der Waals surface area contributed by atoms with E-state index in [4.69, 9.17) is 9.15 Å². The second kappa shape index (κ2) is 8.93. The molecule has 0 saturated carbocycles. The molecule has 4 rings (SSSR count). The third-order valence-electron chi connectivity index (χ3n) is 3.90. The van der Waals surface area contributed by atoms with Crippen molar-refractivity contribution in [3.05, 3.63) is 72.0 Å². The fourth-order valence-electron chi connectivity index (χ4n) is 2.50. The van der Waals surface area contributed by atoms with Gasteiger partial charge in [-0.2, -0.15) is 5.10 Å². The van der Waals surface area contributed by atoms with Gasteiger partial charge >= 0.3 is 0 Å². The van der Waals surface area contributed by atoms with Crippen molar-refractivity contribution in [1.82, 2.24) is 10.4 Å². The first-order valence-corrected chi connectivity index (χ1v) is 10.4. The van der Waals surface area contributed by atoms with Crippen LogP contribution in [0.1, 0.15) is 11.3 Å². The van der Waals surface area contributed by atoms with E-state index in [9.17, 15) is 4.79 Å². The lowest BCUT2D eigenvalue weighted by Gasteiger charge is -2.07. The average Bonchev–Trinajstić information content (AvgIpc) is 3.33. The number of hydrogen-bond acceptors (Lipinski definition) is 7. The van der Waals surface area contributed by atoms with Gasteiger partial charge in [-0.3, -0.25) is 4.79 Å². The summed E-state index contributed by atoms with van der Waals surface area (Å²) in [4.78, 5) is 16.4. The number of thiazole rings is 1. The number of hydrogen-bond donors (Lipinski definition) is 1. The van der Waals surface area contributed by atoms with Gasteiger partial charge in [-0.25, -0.2) is 10.4 Å². The first-order chi connectivity index (χ1) is 14.2. The molecular formula is C21H17N3O3S2. The Morgan fingerprint density at radius 1 is 1.21 bits per heavy atom. The molecule has 4 aromatic rings. The maximum atomic E-state index is 11.9. The van der Waals surface area contributed by atoms with E-state index in [0.717, 1.165) is 20.1 Å². The number of benzene rings is 2. The van der Waals surface area contributed by atoms with Crippen molar-refractivity contribution < 1.29 is 13.9 Å². The van der Waals surface area contributed by atoms with Gasteiger partial charge in [0.2, 0.25) is 0 Å². The number of ether oxygens (including phenoxy) is 1. The Hall–Kier alpha value is -3.10. The molecule has 2 aromatic heterocycles. The van der Waals surface area contributed by atoms with Crippen molar-refractivity contribution in [2.45, 2.75) is 16.4 Å². The fraction of sp³-hybridized carbons (Fsp3) is 0.0952. The van der Waals surface area contributed by atoms with Crippen molar-refractivity contribution >= 4 is 45.4 Å². The maximum Gasteiger partial charge on any atom is 0.277 e. The van der Waals surface area contributed by atoms with Crippen LogP contribution in [0, 0.1) is 6.92 Å². The van der Waals surface area contributed by atoms with Crippen LogP contribution in [0.25, 0.3) is 10.2 Å². The first kappa shape index (κ1) is 19.2. The van der Waals surface area contributed by atoms with Crippen molar-refractivity contribution in [2.75, 3.05) is 6.61 Å². The van der Waals surface area contributed by atoms with Gasteiger partial charge in [0.1, 0.15) is 11.5 Å². The molecule has 29 heavy (non-hydrogen) atoms. The maximum absolute atomic E-state index is 11.9. The van der Waals surface area contributed by atoms with E-state index in [-0.39, 0.29) is 12.5 Å². The highest BCUT2D eigenvalue weighted by atomic mass is 32.2. The van der Waals surface area contributed by atoms with E-state index in [1.54, 1.807) is 17.4 Å². The van der Waals surface area contributed by atoms with Crippen LogP contribution in [0.3, 0.4) is 0 Å². The zero-order valence-electron chi connectivity index (χ0n) is 15.5. The van der Waals surface area contributed by atoms with Crippen LogP contribution >= 0.6 is 23.1 Å². The van der Waals surface area contributed by atoms with Crippen molar-refractivity contribution in [3.8, 4) is 5.75 Å². The molecule has 0 radical (unpaired) electrons. The molecule has 146 valence electrons. The van der Waals surface area contributed by atoms with E-state index < -0.39 is 0 Å². The molecule has 2 aromatic carbocycles. The minimum absolute atomic E-state index is 0.112. The summed E-state index contributed by atoms with van der Waals surface area (Å²) in [5.41, 5.74) is 4.37. The number of carbonyl (C=O) groups is 1. The molecule has 0 aliphatic rings. The van der Waals surface area contributed by atoms with Crippen molar-refractivity contribution in [1.29, 1.82) is 0 Å². The Bertz CT molecular complexity index is 1130. The predicted octanol–water partition coefficient (Wildman–Crippen LogP) is 4.88. The number of nitrogens with one attached hydrogen (secondary N) is 1. The molecule has 0 unspecified atom stereocenters. The Morgan fingerprint density at radius 3 is 2.90 bits per heavy atom. The molecule has 0 bridgehead atoms. The smallest absolute Gasteiger partial charge is 0.277 e. The molecule has 1 amide bonds. The zero-order chi connectivity index (χ0) is 20.1. The number of nitrogens with zero attached hydrogens (tertiary/aromatic N) is 2. The van der Waals surface area contributed by atoms with Gasteiger partial charge in [0.15, 0.2) is 16.0 Å². The van der Waals surface area contributed by atoms with Crippen LogP contribution in [-0.4, -0.2) is 23.7 Å². The minimum Gasteiger partial charge on any atom is -0.483 e. The van der Waals surface area contributed by atoms with Crippen molar-refractivity contribution in [2.24, 2.45) is 5.10 Å². The second-order valence-electron chi connectivity index (χ2n) is 6.05. The molecule has 0 saturated heterocycles. The number of fused-ring (bicyclic) bond motifs is 1. The van der Waals surface area contributed by atoms with E-state index in [1.807, 2.05) is 61.5 Å². The van der Waals surface area contributed by atoms with Crippen LogP contribution in [0.15, 0.2) is 79.6 Å². The third kappa shape index (κ3) is 5.04. The number of aromatic nitrogens is 1. The Morgan fingerprint density at radius 2 is 2.03 bits per heavy atom. The van der Waals surface area contributed by atoms with E-state index in [2.05, 4.69) is 15.5 Å². The number of furan rings is 1. The molecule has 0 aliphatic heterocycles. The van der Waals surface area contributed by atoms with Gasteiger partial charge in [0, 0.05) is 0 Å². The molecule has 0 fully saturated rings. The van der Waals surface area contributed by atoms with Gasteiger partial charge in [0.25, 0.3) is 5.91 Å². The lowest BCUT2D eigenvalue weighted by Crippen LogP contribution is -2.24. The SMILES string of the molecule is Cc1ccccc1OCC(=O)N/N=C/c1ccc(Sc2nc3ccccc3s2)o1. The van der Waals surface area contributed by atoms with E-state index >= 15 is 0 Å². The lowest BCUT2D eigenvalue weighted by molar-refractivity contribution is -0.123. The minimum atomic E-state index is -0.347. The summed E-state index contributed by atoms with van der Waals surface area (Å²) in [5, 5.41) is 4.62. The quantitative estimate of drug-likeness (QED) is 0.339. The van der Waals surface area contributed by atoms with Gasteiger partial charge in [0.05, 0.1) is 16.4 Å². The average molecular weight is 424 g/mol. The Kier molecular flexibility index (Phi) is 5.92. The number of rotatable bonds is 7. The Balaban J connectivity index is 1.28. The van der Waals surface area contributed by atoms with E-state index in [1.165, 1.54) is 18.0 Å². The molecular weight excluding hydrogens is 406 g/mol. The zero-order valence-corrected chi connectivity index (χ0v) is 17.1. The molecule has 8 heteroatoms. The monoisotopic (exact) mass is 423 g/mol. The molecule has 2 heterocycles. The Labute approximate surface area is 175 Å². The third-order valence-corrected chi connectivity index (χ3v) is 5.92. The number of aryl methyl sites for hydroxylation is 1. The summed E-state index contributed by atoms with van der Waals surface area (Å²) in [6, 6.07) is 19.2. The fourth-order valence-corrected chi connectivity index (χ4v) is 4.47. The molecule has 0 aliphatic carbocycles. The number of carbonyl (C=O) groups excluding carboxylic acids is 1. The number of para-hydroxylation sites is 2. The molecule has 0 atom stereocenters. The van der Waals surface area contributed by atoms with Crippen LogP contribution < -0.4 is 10.2 Å². The largest absolute Gasteiger partial charge is 0.483 e. The second-order valence-corrected chi connectivity index (χ2v) is 8.34. The summed E-state index contributed by atoms with van der Waals surface area (Å²) in [5.74, 6) is 0.864. The van der Waals surface area contributed by atoms with Crippen LogP contribution in [-0.2, 0) is 4.79 Å². The predicted molar refractivity (Wildman–Crippen MR) is 115 cm³/mol. The van der Waals surface area contributed by atoms with Gasteiger partial charge < -0.3 is 9.15 Å². The summed E-state index contributed by atoms with van der Waals surface area (Å²) in [7, 11) is 0. The highest BCUT2D eigenvalue weighted by Crippen LogP contribution is 2.34. The van der Waals surface area contributed by atoms with Gasteiger partial charge in [-0.05, 0) is 54.6 Å². The first-order valence-electron chi connectivity index (χ1n) is 8.81. The molecule has 6 nitrogen and oxygen atoms in total. The van der Waals surface area contributed by atoms with E-state index in [0.29, 0.717) is 16.6 Å². The summed E-state index contributed by atoms with van der Waals surface area (Å²) >= 11 is 3.07. The van der Waals surface area contributed by atoms with Crippen LogP contribution in [0.4, 0.5) is 0 Å². The van der Waals surface area contributed by atoms with Gasteiger partial charge in [-0.15, -0.1) is 11.3 Å². The summed E-state index contributed by atoms with van der Waals surface area (Å²) in [6.07, 6.45) is 1.45. The van der Waals surface area contributed by atoms with Crippen LogP contribution in [0.5, 0.6) is 5.75 Å². The lowest BCUT2D eigenvalue weighted by atomic mass is 10.2. The van der Waals surface area contributed by atoms with Crippen LogP contribution in [0.2, 0.25) is 0 Å². The molecule has 1 N–H and O–H groups in total. The number of amides is 1. The highest BCUT2D eigenvalue weighted by Gasteiger charge is 2.08. The summed E-state index contributed by atoms with van der Waals surface area (Å²) in [6.45, 7) is 1.81. The number of hydrazone groups is 1. The standard InChI is InChI=1S/C21H17N3O3S2/c1-14-6-2-4-8-17(14)26-13-19(25)24-22-12-15-10-11-20(27-15)29-21-23-16-7-3-5-9-18(16)28-21/h2-12H,13H2,1H3,(H,24,25)/b22-12+.